The largest absolute Gasteiger partial charge is 0.382 e. The Labute approximate surface area is 191 Å². The Kier molecular flexibility index (Phi) is 12.2. The molecule has 0 radical (unpaired) electrons. The van der Waals surface area contributed by atoms with Crippen LogP contribution in [-0.2, 0) is 16.0 Å². The van der Waals surface area contributed by atoms with Crippen LogP contribution in [0, 0.1) is 5.92 Å². The van der Waals surface area contributed by atoms with Crippen molar-refractivity contribution in [1.29, 1.82) is 0 Å². The van der Waals surface area contributed by atoms with Crippen molar-refractivity contribution in [3.63, 3.8) is 0 Å². The smallest absolute Gasteiger partial charge is 0.253 e. The third-order valence-electron chi connectivity index (χ3n) is 4.72. The minimum Gasteiger partial charge on any atom is -0.382 e. The van der Waals surface area contributed by atoms with Crippen molar-refractivity contribution in [1.82, 2.24) is 15.1 Å². The first-order valence-corrected chi connectivity index (χ1v) is 9.95. The number of carbonyl (C=O) groups is 1. The SMILES string of the molecule is CCNC(=NCc1ccc(C(=O)N(C)C)cc1)N1CCC(COCCOC)C1.I. The van der Waals surface area contributed by atoms with E-state index in [-0.39, 0.29) is 29.9 Å². The predicted octanol–water partition coefficient (Wildman–Crippen LogP) is 2.46. The second kappa shape index (κ2) is 13.8. The van der Waals surface area contributed by atoms with Crippen molar-refractivity contribution < 1.29 is 14.3 Å². The molecule has 1 amide bonds. The van der Waals surface area contributed by atoms with Crippen molar-refractivity contribution in [2.75, 3.05) is 60.7 Å². The van der Waals surface area contributed by atoms with E-state index in [2.05, 4.69) is 17.1 Å². The van der Waals surface area contributed by atoms with Crippen LogP contribution in [-0.4, -0.2) is 82.3 Å². The van der Waals surface area contributed by atoms with Gasteiger partial charge in [0.2, 0.25) is 0 Å². The molecule has 164 valence electrons. The maximum absolute atomic E-state index is 12.0. The van der Waals surface area contributed by atoms with Crippen molar-refractivity contribution >= 4 is 35.8 Å². The third-order valence-corrected chi connectivity index (χ3v) is 4.72. The summed E-state index contributed by atoms with van der Waals surface area (Å²) in [6, 6.07) is 7.67. The number of ether oxygens (including phenoxy) is 2. The van der Waals surface area contributed by atoms with Crippen LogP contribution in [0.4, 0.5) is 0 Å². The minimum absolute atomic E-state index is 0. The first-order chi connectivity index (χ1) is 13.5. The molecule has 1 atom stereocenters. The minimum atomic E-state index is 0. The number of hydrogen-bond acceptors (Lipinski definition) is 4. The number of amides is 1. The highest BCUT2D eigenvalue weighted by Crippen LogP contribution is 2.17. The number of methoxy groups -OCH3 is 1. The first kappa shape index (κ1) is 25.6. The molecule has 1 fully saturated rings. The summed E-state index contributed by atoms with van der Waals surface area (Å²) in [6.07, 6.45) is 1.11. The van der Waals surface area contributed by atoms with Crippen LogP contribution < -0.4 is 5.32 Å². The number of carbonyl (C=O) groups excluding carboxylic acids is 1. The lowest BCUT2D eigenvalue weighted by molar-refractivity contribution is 0.0536. The van der Waals surface area contributed by atoms with Gasteiger partial charge in [-0.1, -0.05) is 12.1 Å². The average molecular weight is 518 g/mol. The molecule has 0 bridgehead atoms. The highest BCUT2D eigenvalue weighted by Gasteiger charge is 2.24. The third kappa shape index (κ3) is 8.47. The van der Waals surface area contributed by atoms with Gasteiger partial charge in [-0.25, -0.2) is 4.99 Å². The van der Waals surface area contributed by atoms with Crippen LogP contribution in [0.2, 0.25) is 0 Å². The number of nitrogens with zero attached hydrogens (tertiary/aromatic N) is 3. The molecule has 0 aliphatic carbocycles. The highest BCUT2D eigenvalue weighted by molar-refractivity contribution is 14.0. The second-order valence-corrected chi connectivity index (χ2v) is 7.24. The Bertz CT molecular complexity index is 637. The number of nitrogens with one attached hydrogen (secondary N) is 1. The fourth-order valence-corrected chi connectivity index (χ4v) is 3.16. The van der Waals surface area contributed by atoms with Crippen molar-refractivity contribution in [2.45, 2.75) is 19.9 Å². The van der Waals surface area contributed by atoms with Gasteiger partial charge in [0.1, 0.15) is 0 Å². The van der Waals surface area contributed by atoms with E-state index in [1.54, 1.807) is 26.1 Å². The maximum atomic E-state index is 12.0. The van der Waals surface area contributed by atoms with Gasteiger partial charge in [0.25, 0.3) is 5.91 Å². The summed E-state index contributed by atoms with van der Waals surface area (Å²) >= 11 is 0. The number of benzene rings is 1. The van der Waals surface area contributed by atoms with E-state index in [4.69, 9.17) is 14.5 Å². The fraction of sp³-hybridized carbons (Fsp3) is 0.619. The molecule has 29 heavy (non-hydrogen) atoms. The van der Waals surface area contributed by atoms with E-state index in [9.17, 15) is 4.79 Å². The number of rotatable bonds is 9. The molecule has 1 aromatic rings. The van der Waals surface area contributed by atoms with Crippen LogP contribution >= 0.6 is 24.0 Å². The summed E-state index contributed by atoms with van der Waals surface area (Å²) in [4.78, 5) is 20.7. The van der Waals surface area contributed by atoms with Gasteiger partial charge in [-0.3, -0.25) is 4.79 Å². The molecule has 1 aliphatic heterocycles. The Morgan fingerprint density at radius 3 is 2.62 bits per heavy atom. The van der Waals surface area contributed by atoms with Gasteiger partial charge >= 0.3 is 0 Å². The Morgan fingerprint density at radius 1 is 1.28 bits per heavy atom. The van der Waals surface area contributed by atoms with Crippen molar-refractivity contribution in [3.8, 4) is 0 Å². The molecule has 7 nitrogen and oxygen atoms in total. The van der Waals surface area contributed by atoms with E-state index in [1.807, 2.05) is 24.3 Å². The number of likely N-dealkylation sites (tertiary alicyclic amines) is 1. The molecule has 0 spiro atoms. The monoisotopic (exact) mass is 518 g/mol. The summed E-state index contributed by atoms with van der Waals surface area (Å²) in [5, 5.41) is 3.39. The Morgan fingerprint density at radius 2 is 2.00 bits per heavy atom. The molecule has 0 saturated carbocycles. The normalized spacial score (nSPS) is 16.5. The second-order valence-electron chi connectivity index (χ2n) is 7.24. The maximum Gasteiger partial charge on any atom is 0.253 e. The molecule has 1 N–H and O–H groups in total. The van der Waals surface area contributed by atoms with Crippen molar-refractivity contribution in [2.24, 2.45) is 10.9 Å². The molecular formula is C21H35IN4O3. The van der Waals surface area contributed by atoms with E-state index in [0.29, 0.717) is 31.2 Å². The van der Waals surface area contributed by atoms with Gasteiger partial charge < -0.3 is 24.6 Å². The molecule has 1 heterocycles. The predicted molar refractivity (Wildman–Crippen MR) is 127 cm³/mol. The first-order valence-electron chi connectivity index (χ1n) is 9.95. The van der Waals surface area contributed by atoms with Gasteiger partial charge in [0, 0.05) is 52.3 Å². The van der Waals surface area contributed by atoms with E-state index < -0.39 is 0 Å². The zero-order valence-corrected chi connectivity index (χ0v) is 20.3. The van der Waals surface area contributed by atoms with Gasteiger partial charge in [-0.2, -0.15) is 0 Å². The molecular weight excluding hydrogens is 483 g/mol. The summed E-state index contributed by atoms with van der Waals surface area (Å²) in [6.45, 7) is 7.49. The Hall–Kier alpha value is -1.39. The van der Waals surface area contributed by atoms with Crippen LogP contribution in [0.3, 0.4) is 0 Å². The molecule has 1 aliphatic rings. The molecule has 2 rings (SSSR count). The summed E-state index contributed by atoms with van der Waals surface area (Å²) in [5.74, 6) is 1.48. The molecule has 1 aromatic carbocycles. The van der Waals surface area contributed by atoms with Crippen molar-refractivity contribution in [3.05, 3.63) is 35.4 Å². The topological polar surface area (TPSA) is 66.4 Å². The van der Waals surface area contributed by atoms with E-state index in [0.717, 1.165) is 44.2 Å². The lowest BCUT2D eigenvalue weighted by Crippen LogP contribution is -2.40. The van der Waals surface area contributed by atoms with Crippen LogP contribution in [0.25, 0.3) is 0 Å². The zero-order valence-electron chi connectivity index (χ0n) is 18.0. The van der Waals surface area contributed by atoms with Gasteiger partial charge in [-0.05, 0) is 31.0 Å². The van der Waals surface area contributed by atoms with Crippen LogP contribution in [0.1, 0.15) is 29.3 Å². The Balaban J connectivity index is 0.00000420. The summed E-state index contributed by atoms with van der Waals surface area (Å²) < 4.78 is 10.7. The van der Waals surface area contributed by atoms with Crippen LogP contribution in [0.5, 0.6) is 0 Å². The average Bonchev–Trinajstić information content (AvgIpc) is 3.17. The zero-order chi connectivity index (χ0) is 20.4. The number of aliphatic imine (C=N–C) groups is 1. The summed E-state index contributed by atoms with van der Waals surface area (Å²) in [7, 11) is 5.21. The molecule has 1 unspecified atom stereocenters. The summed E-state index contributed by atoms with van der Waals surface area (Å²) in [5.41, 5.74) is 1.78. The van der Waals surface area contributed by atoms with Gasteiger partial charge in [0.15, 0.2) is 5.96 Å². The van der Waals surface area contributed by atoms with E-state index in [1.165, 1.54) is 0 Å². The number of halogens is 1. The standard InChI is InChI=1S/C21H34N4O3.HI/c1-5-22-21(25-11-10-18(15-25)16-28-13-12-27-4)23-14-17-6-8-19(9-7-17)20(26)24(2)3;/h6-9,18H,5,10-16H2,1-4H3,(H,22,23);1H. The highest BCUT2D eigenvalue weighted by atomic mass is 127. The van der Waals surface area contributed by atoms with Gasteiger partial charge in [0.05, 0.1) is 26.4 Å². The lowest BCUT2D eigenvalue weighted by Gasteiger charge is -2.21. The molecule has 0 aromatic heterocycles. The fourth-order valence-electron chi connectivity index (χ4n) is 3.16. The van der Waals surface area contributed by atoms with Crippen LogP contribution in [0.15, 0.2) is 29.3 Å². The number of guanidine groups is 1. The quantitative estimate of drug-likeness (QED) is 0.236. The number of hydrogen-bond donors (Lipinski definition) is 1. The lowest BCUT2D eigenvalue weighted by atomic mass is 10.1. The molecule has 1 saturated heterocycles. The van der Waals surface area contributed by atoms with E-state index >= 15 is 0 Å². The van der Waals surface area contributed by atoms with Gasteiger partial charge in [-0.15, -0.1) is 24.0 Å². The molecule has 8 heteroatoms.